The van der Waals surface area contributed by atoms with E-state index in [9.17, 15) is 20.2 Å². The van der Waals surface area contributed by atoms with Crippen LogP contribution in [0, 0.1) is 26.3 Å². The first kappa shape index (κ1) is 10.0. The lowest BCUT2D eigenvalue weighted by Crippen LogP contribution is -1.93. The van der Waals surface area contributed by atoms with Crippen molar-refractivity contribution in [1.29, 1.82) is 0 Å². The number of nitro groups is 2. The average Bonchev–Trinajstić information content (AvgIpc) is 2.27. The lowest BCUT2D eigenvalue weighted by atomic mass is 10.1. The Hall–Kier alpha value is -2.50. The molecule has 6 heteroatoms. The molecule has 6 nitrogen and oxygen atoms in total. The molecule has 0 aliphatic rings. The zero-order valence-corrected chi connectivity index (χ0v) is 7.91. The smallest absolute Gasteiger partial charge is 0.258 e. The maximum atomic E-state index is 10.7. The van der Waals surface area contributed by atoms with Gasteiger partial charge in [0.15, 0.2) is 0 Å². The lowest BCUT2D eigenvalue weighted by molar-refractivity contribution is -0.384. The first-order valence-electron chi connectivity index (χ1n) is 4.33. The second-order valence-electron chi connectivity index (χ2n) is 3.08. The van der Waals surface area contributed by atoms with E-state index in [1.807, 2.05) is 0 Å². The Morgan fingerprint density at radius 3 is 2.31 bits per heavy atom. The third-order valence-electron chi connectivity index (χ3n) is 2.18. The van der Waals surface area contributed by atoms with Crippen molar-refractivity contribution in [2.75, 3.05) is 0 Å². The summed E-state index contributed by atoms with van der Waals surface area (Å²) in [5.74, 6) is 0. The minimum Gasteiger partial charge on any atom is -0.258 e. The molecule has 2 aromatic rings. The number of non-ortho nitro benzene ring substituents is 2. The van der Waals surface area contributed by atoms with Crippen LogP contribution in [0.3, 0.4) is 0 Å². The minimum atomic E-state index is -0.581. The lowest BCUT2D eigenvalue weighted by Gasteiger charge is -1.99. The molecule has 0 bridgehead atoms. The summed E-state index contributed by atoms with van der Waals surface area (Å²) in [6.45, 7) is 0. The SMILES string of the molecule is O=[N+]([O-])c1cccc2c([N+](=O)[O-])cc[c]c12. The van der Waals surface area contributed by atoms with E-state index in [1.54, 1.807) is 0 Å². The molecule has 0 atom stereocenters. The Morgan fingerprint density at radius 1 is 1.00 bits per heavy atom. The van der Waals surface area contributed by atoms with Gasteiger partial charge in [0.2, 0.25) is 0 Å². The van der Waals surface area contributed by atoms with Crippen LogP contribution < -0.4 is 0 Å². The fourth-order valence-electron chi connectivity index (χ4n) is 1.51. The highest BCUT2D eigenvalue weighted by atomic mass is 16.6. The molecule has 1 radical (unpaired) electrons. The molecule has 2 aromatic carbocycles. The number of hydrogen-bond acceptors (Lipinski definition) is 4. The molecule has 0 aromatic heterocycles. The van der Waals surface area contributed by atoms with Crippen molar-refractivity contribution in [3.63, 3.8) is 0 Å². The van der Waals surface area contributed by atoms with E-state index in [0.717, 1.165) is 0 Å². The summed E-state index contributed by atoms with van der Waals surface area (Å²) in [5, 5.41) is 21.8. The molecule has 16 heavy (non-hydrogen) atoms. The molecule has 79 valence electrons. The van der Waals surface area contributed by atoms with Gasteiger partial charge >= 0.3 is 0 Å². The Balaban J connectivity index is 2.86. The predicted octanol–water partition coefficient (Wildman–Crippen LogP) is 2.46. The molecular weight excluding hydrogens is 212 g/mol. The number of fused-ring (bicyclic) bond motifs is 1. The summed E-state index contributed by atoms with van der Waals surface area (Å²) in [5.41, 5.74) is -0.335. The predicted molar refractivity (Wildman–Crippen MR) is 56.1 cm³/mol. The number of benzene rings is 2. The van der Waals surface area contributed by atoms with Crippen LogP contribution in [0.25, 0.3) is 10.8 Å². The van der Waals surface area contributed by atoms with E-state index in [-0.39, 0.29) is 22.1 Å². The Kier molecular flexibility index (Phi) is 2.24. The number of hydrogen-bond donors (Lipinski definition) is 0. The van der Waals surface area contributed by atoms with Gasteiger partial charge < -0.3 is 0 Å². The van der Waals surface area contributed by atoms with Gasteiger partial charge in [-0.2, -0.15) is 0 Å². The molecule has 2 rings (SSSR count). The molecule has 0 saturated carbocycles. The van der Waals surface area contributed by atoms with Gasteiger partial charge in [-0.05, 0) is 18.2 Å². The first-order chi connectivity index (χ1) is 7.61. The van der Waals surface area contributed by atoms with Crippen LogP contribution in [0.2, 0.25) is 0 Å². The summed E-state index contributed by atoms with van der Waals surface area (Å²) in [7, 11) is 0. The van der Waals surface area contributed by atoms with E-state index < -0.39 is 9.85 Å². The Morgan fingerprint density at radius 2 is 1.69 bits per heavy atom. The zero-order chi connectivity index (χ0) is 11.7. The van der Waals surface area contributed by atoms with Crippen LogP contribution in [0.15, 0.2) is 30.3 Å². The largest absolute Gasteiger partial charge is 0.278 e. The summed E-state index contributed by atoms with van der Waals surface area (Å²) in [4.78, 5) is 20.3. The van der Waals surface area contributed by atoms with Crippen molar-refractivity contribution in [2.45, 2.75) is 0 Å². The maximum Gasteiger partial charge on any atom is 0.278 e. The van der Waals surface area contributed by atoms with Crippen LogP contribution >= 0.6 is 0 Å². The van der Waals surface area contributed by atoms with Gasteiger partial charge in [0, 0.05) is 12.1 Å². The third kappa shape index (κ3) is 1.46. The molecule has 0 heterocycles. The molecule has 0 aliphatic carbocycles. The highest BCUT2D eigenvalue weighted by Gasteiger charge is 2.17. The first-order valence-corrected chi connectivity index (χ1v) is 4.33. The average molecular weight is 217 g/mol. The van der Waals surface area contributed by atoms with Crippen LogP contribution in [-0.2, 0) is 0 Å². The van der Waals surface area contributed by atoms with Crippen molar-refractivity contribution in [1.82, 2.24) is 0 Å². The fraction of sp³-hybridized carbons (Fsp3) is 0. The summed E-state index contributed by atoms with van der Waals surface area (Å²) < 4.78 is 0. The van der Waals surface area contributed by atoms with Gasteiger partial charge in [-0.1, -0.05) is 6.07 Å². The molecule has 0 N–H and O–H groups in total. The van der Waals surface area contributed by atoms with Gasteiger partial charge in [0.1, 0.15) is 0 Å². The summed E-state index contributed by atoms with van der Waals surface area (Å²) in [6, 6.07) is 9.41. The molecule has 0 aliphatic heterocycles. The minimum absolute atomic E-state index is 0.154. The Labute approximate surface area is 89.4 Å². The van der Waals surface area contributed by atoms with Gasteiger partial charge in [-0.3, -0.25) is 20.2 Å². The normalized spacial score (nSPS) is 10.2. The van der Waals surface area contributed by atoms with Crippen molar-refractivity contribution >= 4 is 22.1 Å². The van der Waals surface area contributed by atoms with Gasteiger partial charge in [-0.25, -0.2) is 0 Å². The molecular formula is C10H5N2O4. The second-order valence-corrected chi connectivity index (χ2v) is 3.08. The van der Waals surface area contributed by atoms with Crippen LogP contribution in [0.5, 0.6) is 0 Å². The number of rotatable bonds is 2. The van der Waals surface area contributed by atoms with Crippen LogP contribution in [0.4, 0.5) is 11.4 Å². The van der Waals surface area contributed by atoms with Crippen molar-refractivity contribution < 1.29 is 9.85 Å². The fourth-order valence-corrected chi connectivity index (χ4v) is 1.51. The standard InChI is InChI=1S/C10H5N2O4/c13-11(14)9-5-1-3-7-8(9)4-2-6-10(7)12(15)16/h1-3,5-6H. The summed E-state index contributed by atoms with van der Waals surface area (Å²) >= 11 is 0. The van der Waals surface area contributed by atoms with Crippen molar-refractivity contribution in [3.8, 4) is 0 Å². The second kappa shape index (κ2) is 3.58. The van der Waals surface area contributed by atoms with E-state index >= 15 is 0 Å². The maximum absolute atomic E-state index is 10.7. The highest BCUT2D eigenvalue weighted by molar-refractivity contribution is 5.96. The van der Waals surface area contributed by atoms with Crippen molar-refractivity contribution in [2.24, 2.45) is 0 Å². The molecule has 0 amide bonds. The number of nitrogens with zero attached hydrogens (tertiary/aromatic N) is 2. The molecule has 0 spiro atoms. The van der Waals surface area contributed by atoms with Crippen LogP contribution in [0.1, 0.15) is 0 Å². The van der Waals surface area contributed by atoms with Gasteiger partial charge in [0.25, 0.3) is 11.4 Å². The van der Waals surface area contributed by atoms with Crippen molar-refractivity contribution in [3.05, 3.63) is 56.6 Å². The number of nitro benzene ring substituents is 2. The molecule has 0 fully saturated rings. The molecule has 0 unspecified atom stereocenters. The monoisotopic (exact) mass is 217 g/mol. The summed E-state index contributed by atoms with van der Waals surface area (Å²) in [6.07, 6.45) is 0. The van der Waals surface area contributed by atoms with E-state index in [0.29, 0.717) is 0 Å². The van der Waals surface area contributed by atoms with E-state index in [4.69, 9.17) is 0 Å². The van der Waals surface area contributed by atoms with Crippen LogP contribution in [-0.4, -0.2) is 9.85 Å². The van der Waals surface area contributed by atoms with Gasteiger partial charge in [0.05, 0.1) is 20.6 Å². The van der Waals surface area contributed by atoms with Gasteiger partial charge in [-0.15, -0.1) is 0 Å². The Bertz CT molecular complexity index is 541. The zero-order valence-electron chi connectivity index (χ0n) is 7.91. The topological polar surface area (TPSA) is 86.3 Å². The molecule has 0 saturated heterocycles. The third-order valence-corrected chi connectivity index (χ3v) is 2.18. The van der Waals surface area contributed by atoms with E-state index in [1.165, 1.54) is 30.3 Å². The highest BCUT2D eigenvalue weighted by Crippen LogP contribution is 2.30. The quantitative estimate of drug-likeness (QED) is 0.571. The van der Waals surface area contributed by atoms with E-state index in [2.05, 4.69) is 6.07 Å².